The second kappa shape index (κ2) is 7.35. The van der Waals surface area contributed by atoms with Gasteiger partial charge in [-0.05, 0) is 86.3 Å². The number of hydrogen-bond acceptors (Lipinski definition) is 3. The molecule has 28 heavy (non-hydrogen) atoms. The van der Waals surface area contributed by atoms with Gasteiger partial charge in [-0.15, -0.1) is 0 Å². The highest BCUT2D eigenvalue weighted by molar-refractivity contribution is 5.80. The maximum Gasteiger partial charge on any atom is 0.0733 e. The van der Waals surface area contributed by atoms with Crippen molar-refractivity contribution in [3.63, 3.8) is 0 Å². The van der Waals surface area contributed by atoms with Crippen molar-refractivity contribution in [2.24, 2.45) is 0 Å². The Morgan fingerprint density at radius 1 is 0.714 bits per heavy atom. The molecule has 3 aromatic heterocycles. The SMILES string of the molecule is Cc1cc(C)c(-c2cc(-c3cccnc3)nc(-c3cccnc3C)c2)c(C)c1. The summed E-state index contributed by atoms with van der Waals surface area (Å²) >= 11 is 0. The van der Waals surface area contributed by atoms with Crippen molar-refractivity contribution in [3.8, 4) is 33.6 Å². The third-order valence-electron chi connectivity index (χ3n) is 5.03. The Hall–Kier alpha value is -3.33. The summed E-state index contributed by atoms with van der Waals surface area (Å²) in [6, 6.07) is 16.8. The summed E-state index contributed by atoms with van der Waals surface area (Å²) in [4.78, 5) is 13.7. The Labute approximate surface area is 166 Å². The van der Waals surface area contributed by atoms with Gasteiger partial charge in [0.2, 0.25) is 0 Å². The molecule has 4 aromatic rings. The lowest BCUT2D eigenvalue weighted by molar-refractivity contribution is 1.18. The maximum absolute atomic E-state index is 4.96. The highest BCUT2D eigenvalue weighted by atomic mass is 14.7. The van der Waals surface area contributed by atoms with Gasteiger partial charge in [-0.1, -0.05) is 17.7 Å². The number of rotatable bonds is 3. The Kier molecular flexibility index (Phi) is 4.74. The van der Waals surface area contributed by atoms with E-state index in [9.17, 15) is 0 Å². The Bertz CT molecular complexity index is 1120. The molecule has 0 N–H and O–H groups in total. The molecule has 0 saturated carbocycles. The van der Waals surface area contributed by atoms with Crippen molar-refractivity contribution in [2.45, 2.75) is 27.7 Å². The van der Waals surface area contributed by atoms with Gasteiger partial charge in [-0.2, -0.15) is 0 Å². The predicted molar refractivity (Wildman–Crippen MR) is 115 cm³/mol. The molecule has 0 saturated heterocycles. The van der Waals surface area contributed by atoms with Gasteiger partial charge in [-0.25, -0.2) is 4.98 Å². The second-order valence-electron chi connectivity index (χ2n) is 7.28. The molecular formula is C25H23N3. The van der Waals surface area contributed by atoms with Crippen LogP contribution >= 0.6 is 0 Å². The lowest BCUT2D eigenvalue weighted by Crippen LogP contribution is -1.96. The van der Waals surface area contributed by atoms with Crippen molar-refractivity contribution in [1.82, 2.24) is 15.0 Å². The molecule has 138 valence electrons. The van der Waals surface area contributed by atoms with Crippen molar-refractivity contribution < 1.29 is 0 Å². The van der Waals surface area contributed by atoms with E-state index in [1.807, 2.05) is 37.5 Å². The molecule has 4 rings (SSSR count). The van der Waals surface area contributed by atoms with E-state index in [2.05, 4.69) is 61.1 Å². The third kappa shape index (κ3) is 3.44. The van der Waals surface area contributed by atoms with E-state index in [-0.39, 0.29) is 0 Å². The zero-order chi connectivity index (χ0) is 19.7. The molecule has 0 aliphatic carbocycles. The van der Waals surface area contributed by atoms with Crippen LogP contribution in [0.5, 0.6) is 0 Å². The molecule has 0 aliphatic heterocycles. The topological polar surface area (TPSA) is 38.7 Å². The number of benzene rings is 1. The number of aryl methyl sites for hydroxylation is 4. The summed E-state index contributed by atoms with van der Waals surface area (Å²) in [7, 11) is 0. The molecule has 0 atom stereocenters. The summed E-state index contributed by atoms with van der Waals surface area (Å²) in [5, 5.41) is 0. The van der Waals surface area contributed by atoms with E-state index < -0.39 is 0 Å². The van der Waals surface area contributed by atoms with Crippen LogP contribution in [-0.4, -0.2) is 15.0 Å². The monoisotopic (exact) mass is 365 g/mol. The molecule has 1 aromatic carbocycles. The Morgan fingerprint density at radius 3 is 2.11 bits per heavy atom. The fourth-order valence-corrected chi connectivity index (χ4v) is 3.87. The van der Waals surface area contributed by atoms with E-state index in [0.717, 1.165) is 28.2 Å². The molecule has 0 spiro atoms. The first-order valence-electron chi connectivity index (χ1n) is 9.45. The van der Waals surface area contributed by atoms with Gasteiger partial charge in [0.15, 0.2) is 0 Å². The molecular weight excluding hydrogens is 342 g/mol. The summed E-state index contributed by atoms with van der Waals surface area (Å²) in [6.45, 7) is 8.51. The van der Waals surface area contributed by atoms with Crippen LogP contribution < -0.4 is 0 Å². The minimum Gasteiger partial charge on any atom is -0.264 e. The Morgan fingerprint density at radius 2 is 1.43 bits per heavy atom. The minimum absolute atomic E-state index is 0.920. The second-order valence-corrected chi connectivity index (χ2v) is 7.28. The predicted octanol–water partition coefficient (Wildman–Crippen LogP) is 6.11. The summed E-state index contributed by atoms with van der Waals surface area (Å²) < 4.78 is 0. The third-order valence-corrected chi connectivity index (χ3v) is 5.03. The van der Waals surface area contributed by atoms with Gasteiger partial charge in [-0.3, -0.25) is 9.97 Å². The van der Waals surface area contributed by atoms with Crippen LogP contribution in [0.1, 0.15) is 22.4 Å². The van der Waals surface area contributed by atoms with Gasteiger partial charge < -0.3 is 0 Å². The molecule has 3 heterocycles. The standard InChI is InChI=1S/C25H23N3/c1-16-11-17(2)25(18(3)12-16)21-13-23(20-7-5-9-26-15-20)28-24(14-21)22-8-6-10-27-19(22)4/h5-15H,1-4H3. The van der Waals surface area contributed by atoms with Crippen molar-refractivity contribution in [1.29, 1.82) is 0 Å². The normalized spacial score (nSPS) is 10.9. The van der Waals surface area contributed by atoms with Crippen LogP contribution in [0.15, 0.2) is 67.1 Å². The first-order chi connectivity index (χ1) is 13.5. The molecule has 0 amide bonds. The number of nitrogens with zero attached hydrogens (tertiary/aromatic N) is 3. The first kappa shape index (κ1) is 18.1. The first-order valence-corrected chi connectivity index (χ1v) is 9.45. The lowest BCUT2D eigenvalue weighted by atomic mass is 9.92. The van der Waals surface area contributed by atoms with Crippen LogP contribution in [0.4, 0.5) is 0 Å². The van der Waals surface area contributed by atoms with Crippen molar-refractivity contribution in [2.75, 3.05) is 0 Å². The molecule has 0 unspecified atom stereocenters. The molecule has 0 bridgehead atoms. The minimum atomic E-state index is 0.920. The molecule has 0 aliphatic rings. The Balaban J connectivity index is 2.00. The van der Waals surface area contributed by atoms with E-state index in [4.69, 9.17) is 4.98 Å². The van der Waals surface area contributed by atoms with Crippen molar-refractivity contribution >= 4 is 0 Å². The fraction of sp³-hybridized carbons (Fsp3) is 0.160. The highest BCUT2D eigenvalue weighted by Gasteiger charge is 2.13. The summed E-state index contributed by atoms with van der Waals surface area (Å²) in [5.74, 6) is 0. The van der Waals surface area contributed by atoms with Gasteiger partial charge in [0, 0.05) is 35.4 Å². The van der Waals surface area contributed by atoms with Gasteiger partial charge in [0.05, 0.1) is 11.4 Å². The van der Waals surface area contributed by atoms with Crippen LogP contribution in [0.2, 0.25) is 0 Å². The molecule has 3 nitrogen and oxygen atoms in total. The van der Waals surface area contributed by atoms with Gasteiger partial charge in [0.25, 0.3) is 0 Å². The molecule has 0 radical (unpaired) electrons. The summed E-state index contributed by atoms with van der Waals surface area (Å²) in [6.07, 6.45) is 5.47. The largest absolute Gasteiger partial charge is 0.264 e. The lowest BCUT2D eigenvalue weighted by Gasteiger charge is -2.15. The van der Waals surface area contributed by atoms with E-state index in [1.54, 1.807) is 6.20 Å². The van der Waals surface area contributed by atoms with Crippen LogP contribution in [0.3, 0.4) is 0 Å². The van der Waals surface area contributed by atoms with Crippen LogP contribution in [0, 0.1) is 27.7 Å². The maximum atomic E-state index is 4.96. The zero-order valence-corrected chi connectivity index (χ0v) is 16.7. The zero-order valence-electron chi connectivity index (χ0n) is 16.7. The molecule has 0 fully saturated rings. The number of aromatic nitrogens is 3. The van der Waals surface area contributed by atoms with Crippen molar-refractivity contribution in [3.05, 3.63) is 89.5 Å². The average Bonchev–Trinajstić information content (AvgIpc) is 2.68. The number of pyridine rings is 3. The quantitative estimate of drug-likeness (QED) is 0.440. The van der Waals surface area contributed by atoms with Gasteiger partial charge >= 0.3 is 0 Å². The fourth-order valence-electron chi connectivity index (χ4n) is 3.87. The van der Waals surface area contributed by atoms with E-state index in [0.29, 0.717) is 0 Å². The molecule has 3 heteroatoms. The van der Waals surface area contributed by atoms with E-state index >= 15 is 0 Å². The van der Waals surface area contributed by atoms with E-state index in [1.165, 1.54) is 27.8 Å². The smallest absolute Gasteiger partial charge is 0.0733 e. The van der Waals surface area contributed by atoms with Crippen LogP contribution in [-0.2, 0) is 0 Å². The highest BCUT2D eigenvalue weighted by Crippen LogP contribution is 2.34. The average molecular weight is 365 g/mol. The summed E-state index contributed by atoms with van der Waals surface area (Å²) in [5.41, 5.74) is 11.1. The van der Waals surface area contributed by atoms with Gasteiger partial charge in [0.1, 0.15) is 0 Å². The van der Waals surface area contributed by atoms with Crippen LogP contribution in [0.25, 0.3) is 33.6 Å². The number of hydrogen-bond donors (Lipinski definition) is 0.